The quantitative estimate of drug-likeness (QED) is 0.696. The number of nitrogens with zero attached hydrogens (tertiary/aromatic N) is 5. The molecule has 0 amide bonds. The SMILES string of the molecule is N#Cc1ccc(Br)cc1CN1CC2COCCN2c2nc(Cl)ncc21. The second kappa shape index (κ2) is 6.79. The number of nitriles is 1. The number of ether oxygens (including phenoxy) is 1. The molecule has 1 unspecified atom stereocenters. The van der Waals surface area contributed by atoms with Gasteiger partial charge in [0.15, 0.2) is 5.82 Å². The van der Waals surface area contributed by atoms with Gasteiger partial charge in [-0.3, -0.25) is 0 Å². The minimum Gasteiger partial charge on any atom is -0.377 e. The van der Waals surface area contributed by atoms with Crippen molar-refractivity contribution in [2.24, 2.45) is 0 Å². The molecule has 0 aliphatic carbocycles. The summed E-state index contributed by atoms with van der Waals surface area (Å²) in [6.45, 7) is 3.52. The first kappa shape index (κ1) is 16.6. The Hall–Kier alpha value is -1.88. The predicted octanol–water partition coefficient (Wildman–Crippen LogP) is 2.99. The number of hydrogen-bond acceptors (Lipinski definition) is 6. The van der Waals surface area contributed by atoms with Gasteiger partial charge in [-0.1, -0.05) is 15.9 Å². The van der Waals surface area contributed by atoms with E-state index in [2.05, 4.69) is 41.8 Å². The first-order chi connectivity index (χ1) is 12.2. The summed E-state index contributed by atoms with van der Waals surface area (Å²) in [7, 11) is 0. The summed E-state index contributed by atoms with van der Waals surface area (Å²) >= 11 is 9.53. The minimum atomic E-state index is 0.213. The van der Waals surface area contributed by atoms with E-state index >= 15 is 0 Å². The van der Waals surface area contributed by atoms with Crippen molar-refractivity contribution < 1.29 is 4.74 Å². The van der Waals surface area contributed by atoms with Crippen molar-refractivity contribution in [1.29, 1.82) is 5.26 Å². The average molecular weight is 421 g/mol. The van der Waals surface area contributed by atoms with E-state index in [4.69, 9.17) is 16.3 Å². The standard InChI is InChI=1S/C17H15BrClN5O/c18-13-2-1-11(6-20)12(5-13)8-23-9-14-10-25-4-3-24(14)16-15(23)7-21-17(19)22-16/h1-2,5,7,14H,3-4,8-10H2. The van der Waals surface area contributed by atoms with Crippen LogP contribution in [0.5, 0.6) is 0 Å². The molecule has 25 heavy (non-hydrogen) atoms. The Kier molecular flexibility index (Phi) is 4.50. The van der Waals surface area contributed by atoms with E-state index in [1.165, 1.54) is 0 Å². The van der Waals surface area contributed by atoms with Crippen molar-refractivity contribution in [3.05, 3.63) is 45.3 Å². The van der Waals surface area contributed by atoms with Crippen LogP contribution in [0.2, 0.25) is 5.28 Å². The fraction of sp³-hybridized carbons (Fsp3) is 0.353. The Morgan fingerprint density at radius 1 is 1.44 bits per heavy atom. The van der Waals surface area contributed by atoms with Gasteiger partial charge in [0.2, 0.25) is 5.28 Å². The first-order valence-electron chi connectivity index (χ1n) is 7.96. The zero-order chi connectivity index (χ0) is 17.4. The highest BCUT2D eigenvalue weighted by molar-refractivity contribution is 9.10. The van der Waals surface area contributed by atoms with Gasteiger partial charge in [0.1, 0.15) is 0 Å². The maximum absolute atomic E-state index is 9.40. The van der Waals surface area contributed by atoms with E-state index in [0.717, 1.165) is 34.6 Å². The van der Waals surface area contributed by atoms with Gasteiger partial charge in [-0.2, -0.15) is 10.2 Å². The van der Waals surface area contributed by atoms with E-state index in [0.29, 0.717) is 25.3 Å². The molecule has 2 aromatic rings. The van der Waals surface area contributed by atoms with Crippen LogP contribution >= 0.6 is 27.5 Å². The van der Waals surface area contributed by atoms with Crippen molar-refractivity contribution in [3.8, 4) is 6.07 Å². The molecule has 8 heteroatoms. The van der Waals surface area contributed by atoms with Gasteiger partial charge in [0, 0.05) is 24.1 Å². The zero-order valence-electron chi connectivity index (χ0n) is 13.3. The molecule has 1 atom stereocenters. The van der Waals surface area contributed by atoms with E-state index in [9.17, 15) is 5.26 Å². The summed E-state index contributed by atoms with van der Waals surface area (Å²) in [5.74, 6) is 0.841. The van der Waals surface area contributed by atoms with Gasteiger partial charge in [0.25, 0.3) is 0 Å². The lowest BCUT2D eigenvalue weighted by atomic mass is 10.1. The highest BCUT2D eigenvalue weighted by atomic mass is 79.9. The molecule has 3 heterocycles. The number of anilines is 2. The van der Waals surface area contributed by atoms with Crippen molar-refractivity contribution in [2.75, 3.05) is 36.1 Å². The summed E-state index contributed by atoms with van der Waals surface area (Å²) in [6, 6.07) is 8.18. The van der Waals surface area contributed by atoms with E-state index in [1.807, 2.05) is 18.2 Å². The molecule has 2 aliphatic heterocycles. The molecule has 1 fully saturated rings. The second-order valence-corrected chi connectivity index (χ2v) is 7.32. The molecule has 1 saturated heterocycles. The van der Waals surface area contributed by atoms with Gasteiger partial charge in [0.05, 0.1) is 42.8 Å². The Labute approximate surface area is 159 Å². The molecule has 0 radical (unpaired) electrons. The number of morpholine rings is 1. The molecule has 2 aliphatic rings. The third-order valence-electron chi connectivity index (χ3n) is 4.54. The molecule has 0 bridgehead atoms. The third kappa shape index (κ3) is 3.17. The number of benzene rings is 1. The van der Waals surface area contributed by atoms with Crippen LogP contribution in [-0.4, -0.2) is 42.3 Å². The van der Waals surface area contributed by atoms with Gasteiger partial charge in [-0.25, -0.2) is 4.98 Å². The summed E-state index contributed by atoms with van der Waals surface area (Å²) < 4.78 is 6.59. The lowest BCUT2D eigenvalue weighted by Crippen LogP contribution is -2.55. The molecule has 0 N–H and O–H groups in total. The van der Waals surface area contributed by atoms with Crippen LogP contribution in [0, 0.1) is 11.3 Å². The fourth-order valence-electron chi connectivity index (χ4n) is 3.38. The van der Waals surface area contributed by atoms with Gasteiger partial charge in [-0.15, -0.1) is 0 Å². The predicted molar refractivity (Wildman–Crippen MR) is 98.9 cm³/mol. The van der Waals surface area contributed by atoms with E-state index < -0.39 is 0 Å². The molecule has 128 valence electrons. The third-order valence-corrected chi connectivity index (χ3v) is 5.22. The monoisotopic (exact) mass is 419 g/mol. The number of aromatic nitrogens is 2. The first-order valence-corrected chi connectivity index (χ1v) is 9.13. The van der Waals surface area contributed by atoms with Crippen LogP contribution in [0.3, 0.4) is 0 Å². The van der Waals surface area contributed by atoms with Crippen LogP contribution in [0.1, 0.15) is 11.1 Å². The largest absolute Gasteiger partial charge is 0.377 e. The molecule has 0 saturated carbocycles. The van der Waals surface area contributed by atoms with Crippen molar-refractivity contribution in [3.63, 3.8) is 0 Å². The van der Waals surface area contributed by atoms with Crippen molar-refractivity contribution in [2.45, 2.75) is 12.6 Å². The van der Waals surface area contributed by atoms with E-state index in [-0.39, 0.29) is 11.3 Å². The minimum absolute atomic E-state index is 0.213. The topological polar surface area (TPSA) is 65.3 Å². The summed E-state index contributed by atoms with van der Waals surface area (Å²) in [5, 5.41) is 9.65. The van der Waals surface area contributed by atoms with Gasteiger partial charge < -0.3 is 14.5 Å². The van der Waals surface area contributed by atoms with Crippen LogP contribution in [0.15, 0.2) is 28.9 Å². The van der Waals surface area contributed by atoms with Crippen molar-refractivity contribution in [1.82, 2.24) is 9.97 Å². The maximum Gasteiger partial charge on any atom is 0.224 e. The summed E-state index contributed by atoms with van der Waals surface area (Å²) in [6.07, 6.45) is 1.76. The number of halogens is 2. The Balaban J connectivity index is 1.73. The van der Waals surface area contributed by atoms with Crippen LogP contribution in [-0.2, 0) is 11.3 Å². The van der Waals surface area contributed by atoms with Gasteiger partial charge >= 0.3 is 0 Å². The molecule has 1 aromatic carbocycles. The lowest BCUT2D eigenvalue weighted by Gasteiger charge is -2.45. The summed E-state index contributed by atoms with van der Waals surface area (Å²) in [4.78, 5) is 13.1. The number of fused-ring (bicyclic) bond motifs is 3. The highest BCUT2D eigenvalue weighted by Crippen LogP contribution is 2.36. The van der Waals surface area contributed by atoms with E-state index in [1.54, 1.807) is 6.20 Å². The Morgan fingerprint density at radius 2 is 2.32 bits per heavy atom. The number of hydrogen-bond donors (Lipinski definition) is 0. The smallest absolute Gasteiger partial charge is 0.224 e. The zero-order valence-corrected chi connectivity index (χ0v) is 15.7. The molecule has 0 spiro atoms. The number of rotatable bonds is 2. The lowest BCUT2D eigenvalue weighted by molar-refractivity contribution is 0.0936. The fourth-order valence-corrected chi connectivity index (χ4v) is 3.91. The Bertz CT molecular complexity index is 855. The maximum atomic E-state index is 9.40. The molecular formula is C17H15BrClN5O. The molecule has 4 rings (SSSR count). The summed E-state index contributed by atoms with van der Waals surface area (Å²) in [5.41, 5.74) is 2.57. The Morgan fingerprint density at radius 3 is 3.16 bits per heavy atom. The highest BCUT2D eigenvalue weighted by Gasteiger charge is 2.34. The van der Waals surface area contributed by atoms with Crippen molar-refractivity contribution >= 4 is 39.0 Å². The second-order valence-electron chi connectivity index (χ2n) is 6.06. The molecule has 1 aromatic heterocycles. The van der Waals surface area contributed by atoms with Crippen LogP contribution < -0.4 is 9.80 Å². The normalized spacial score (nSPS) is 19.2. The van der Waals surface area contributed by atoms with Crippen LogP contribution in [0.25, 0.3) is 0 Å². The van der Waals surface area contributed by atoms with Crippen LogP contribution in [0.4, 0.5) is 11.5 Å². The van der Waals surface area contributed by atoms with Gasteiger partial charge in [-0.05, 0) is 35.4 Å². The average Bonchev–Trinajstić information content (AvgIpc) is 2.62. The molecule has 6 nitrogen and oxygen atoms in total. The molecular weight excluding hydrogens is 406 g/mol.